The van der Waals surface area contributed by atoms with Gasteiger partial charge in [-0.25, -0.2) is 0 Å². The molecular weight excluding hydrogens is 468 g/mol. The number of fused-ring (bicyclic) bond motifs is 1. The van der Waals surface area contributed by atoms with Gasteiger partial charge in [0.15, 0.2) is 11.4 Å². The van der Waals surface area contributed by atoms with E-state index in [9.17, 15) is 8.42 Å². The van der Waals surface area contributed by atoms with Crippen molar-refractivity contribution >= 4 is 27.0 Å². The fraction of sp³-hybridized carbons (Fsp3) is 0.720. The number of nitrogens with one attached hydrogen (secondary N) is 2. The highest BCUT2D eigenvalue weighted by Crippen LogP contribution is 2.46. The average molecular weight is 505 g/mol. The molecule has 2 aromatic rings. The lowest BCUT2D eigenvalue weighted by atomic mass is 10.1. The number of ether oxygens (including phenoxy) is 2. The molecule has 10 heteroatoms. The molecule has 2 aliphatic carbocycles. The number of hydrogen-bond donors (Lipinski definition) is 2. The highest BCUT2D eigenvalue weighted by Gasteiger charge is 2.33. The van der Waals surface area contributed by atoms with Gasteiger partial charge in [-0.2, -0.15) is 12.7 Å². The lowest BCUT2D eigenvalue weighted by Crippen LogP contribution is -2.44. The third kappa shape index (κ3) is 5.30. The van der Waals surface area contributed by atoms with Crippen LogP contribution in [-0.4, -0.2) is 62.9 Å². The summed E-state index contributed by atoms with van der Waals surface area (Å²) in [6.07, 6.45) is 10.1. The van der Waals surface area contributed by atoms with Crippen LogP contribution in [0.3, 0.4) is 0 Å². The van der Waals surface area contributed by atoms with Crippen molar-refractivity contribution in [2.75, 3.05) is 37.5 Å². The Bertz CT molecular complexity index is 1130. The average Bonchev–Trinajstić information content (AvgIpc) is 3.21. The van der Waals surface area contributed by atoms with Gasteiger partial charge < -0.3 is 19.3 Å². The molecule has 2 saturated carbocycles. The Morgan fingerprint density at radius 2 is 1.86 bits per heavy atom. The van der Waals surface area contributed by atoms with Crippen LogP contribution in [0.5, 0.6) is 5.75 Å². The molecule has 3 heterocycles. The lowest BCUT2D eigenvalue weighted by molar-refractivity contribution is -0.0243. The molecule has 0 bridgehead atoms. The Morgan fingerprint density at radius 3 is 2.57 bits per heavy atom. The molecule has 9 nitrogen and oxygen atoms in total. The van der Waals surface area contributed by atoms with Gasteiger partial charge in [-0.3, -0.25) is 4.72 Å². The molecule has 1 aromatic carbocycles. The molecular formula is C25H36N4O5S. The van der Waals surface area contributed by atoms with E-state index in [2.05, 4.69) is 15.2 Å². The summed E-state index contributed by atoms with van der Waals surface area (Å²) in [6, 6.07) is 3.91. The van der Waals surface area contributed by atoms with Crippen LogP contribution in [0.2, 0.25) is 0 Å². The first-order valence-corrected chi connectivity index (χ1v) is 14.7. The van der Waals surface area contributed by atoms with Crippen LogP contribution in [0.4, 0.5) is 5.82 Å². The predicted octanol–water partition coefficient (Wildman–Crippen LogP) is 3.77. The number of nitrogens with zero attached hydrogens (tertiary/aromatic N) is 2. The Hall–Kier alpha value is -1.88. The smallest absolute Gasteiger partial charge is 0.302 e. The highest BCUT2D eigenvalue weighted by atomic mass is 32.2. The highest BCUT2D eigenvalue weighted by molar-refractivity contribution is 7.90. The van der Waals surface area contributed by atoms with Gasteiger partial charge in [0.25, 0.3) is 0 Å². The number of piperidine rings is 1. The Labute approximate surface area is 207 Å². The van der Waals surface area contributed by atoms with E-state index in [1.54, 1.807) is 0 Å². The zero-order valence-electron chi connectivity index (χ0n) is 20.2. The number of hydrogen-bond acceptors (Lipinski definition) is 7. The maximum absolute atomic E-state index is 13.2. The molecule has 192 valence electrons. The maximum atomic E-state index is 13.2. The minimum Gasteiger partial charge on any atom is -0.493 e. The van der Waals surface area contributed by atoms with Crippen molar-refractivity contribution < 1.29 is 22.4 Å². The second kappa shape index (κ2) is 9.88. The summed E-state index contributed by atoms with van der Waals surface area (Å²) in [5.74, 6) is 2.20. The molecule has 1 atom stereocenters. The summed E-state index contributed by atoms with van der Waals surface area (Å²) in [4.78, 5) is 0. The van der Waals surface area contributed by atoms with E-state index < -0.39 is 10.2 Å². The van der Waals surface area contributed by atoms with Gasteiger partial charge in [0.05, 0.1) is 24.2 Å². The van der Waals surface area contributed by atoms with Crippen LogP contribution in [0.25, 0.3) is 11.0 Å². The van der Waals surface area contributed by atoms with E-state index in [1.807, 2.05) is 12.1 Å². The summed E-state index contributed by atoms with van der Waals surface area (Å²) in [5.41, 5.74) is 1.68. The quantitative estimate of drug-likeness (QED) is 0.535. The van der Waals surface area contributed by atoms with E-state index in [4.69, 9.17) is 14.0 Å². The zero-order chi connectivity index (χ0) is 23.8. The lowest BCUT2D eigenvalue weighted by Gasteiger charge is -2.32. The third-order valence-corrected chi connectivity index (χ3v) is 9.43. The first-order chi connectivity index (χ1) is 17.0. The molecule has 0 radical (unpaired) electrons. The fourth-order valence-corrected chi connectivity index (χ4v) is 6.90. The van der Waals surface area contributed by atoms with E-state index in [-0.39, 0.29) is 18.0 Å². The third-order valence-electron chi connectivity index (χ3n) is 7.94. The minimum atomic E-state index is -3.74. The van der Waals surface area contributed by atoms with Crippen LogP contribution in [0, 0.1) is 5.92 Å². The van der Waals surface area contributed by atoms with E-state index >= 15 is 0 Å². The Balaban J connectivity index is 1.13. The molecule has 6 rings (SSSR count). The predicted molar refractivity (Wildman–Crippen MR) is 133 cm³/mol. The minimum absolute atomic E-state index is 0.114. The summed E-state index contributed by atoms with van der Waals surface area (Å²) in [7, 11) is -3.74. The zero-order valence-corrected chi connectivity index (χ0v) is 21.0. The monoisotopic (exact) mass is 504 g/mol. The molecule has 4 fully saturated rings. The molecule has 0 spiro atoms. The van der Waals surface area contributed by atoms with Crippen molar-refractivity contribution in [2.45, 2.75) is 75.9 Å². The normalized spacial score (nSPS) is 25.0. The van der Waals surface area contributed by atoms with Crippen molar-refractivity contribution in [2.24, 2.45) is 5.92 Å². The number of rotatable bonds is 9. The summed E-state index contributed by atoms with van der Waals surface area (Å²) >= 11 is 0. The van der Waals surface area contributed by atoms with Gasteiger partial charge in [-0.05, 0) is 75.0 Å². The van der Waals surface area contributed by atoms with E-state index in [1.165, 1.54) is 30.0 Å². The van der Waals surface area contributed by atoms with E-state index in [0.29, 0.717) is 48.7 Å². The summed E-state index contributed by atoms with van der Waals surface area (Å²) in [6.45, 7) is 3.47. The topological polar surface area (TPSA) is 106 Å². The van der Waals surface area contributed by atoms with Crippen LogP contribution >= 0.6 is 0 Å². The molecule has 0 unspecified atom stereocenters. The molecule has 2 aliphatic heterocycles. The SMILES string of the molecule is O=S(=O)(Nc1noc2cc(OCC3CCCC3)c(C3CC3)cc12)N1CCC(O[C@H]2CCNC2)CC1. The number of anilines is 1. The van der Waals surface area contributed by atoms with Gasteiger partial charge in [0.2, 0.25) is 0 Å². The standard InChI is InChI=1S/C25H36N4O5S/c30-35(31,29-11-8-19(9-12-29)33-20-7-10-26-15-20)28-25-22-13-21(18-5-6-18)23(14-24(22)34-27-25)32-16-17-3-1-2-4-17/h13-14,17-20,26H,1-12,15-16H2,(H,27,28)/t20-/m0/s1. The van der Waals surface area contributed by atoms with Crippen molar-refractivity contribution in [1.29, 1.82) is 0 Å². The summed E-state index contributed by atoms with van der Waals surface area (Å²) in [5, 5.41) is 8.08. The molecule has 4 aliphatic rings. The summed E-state index contributed by atoms with van der Waals surface area (Å²) < 4.78 is 48.4. The van der Waals surface area contributed by atoms with Crippen molar-refractivity contribution in [3.63, 3.8) is 0 Å². The Morgan fingerprint density at radius 1 is 1.06 bits per heavy atom. The number of aromatic nitrogens is 1. The van der Waals surface area contributed by atoms with Crippen LogP contribution < -0.4 is 14.8 Å². The fourth-order valence-electron chi connectivity index (χ4n) is 5.69. The molecule has 2 saturated heterocycles. The molecule has 35 heavy (non-hydrogen) atoms. The first-order valence-electron chi connectivity index (χ1n) is 13.3. The number of benzene rings is 1. The first kappa shape index (κ1) is 23.5. The van der Waals surface area contributed by atoms with Crippen molar-refractivity contribution in [3.8, 4) is 5.75 Å². The maximum Gasteiger partial charge on any atom is 0.302 e. The second-order valence-electron chi connectivity index (χ2n) is 10.6. The van der Waals surface area contributed by atoms with Gasteiger partial charge in [0, 0.05) is 25.7 Å². The van der Waals surface area contributed by atoms with Crippen molar-refractivity contribution in [3.05, 3.63) is 17.7 Å². The van der Waals surface area contributed by atoms with E-state index in [0.717, 1.165) is 50.3 Å². The molecule has 0 amide bonds. The second-order valence-corrected chi connectivity index (χ2v) is 12.3. The van der Waals surface area contributed by atoms with Gasteiger partial charge in [-0.1, -0.05) is 18.0 Å². The van der Waals surface area contributed by atoms with Crippen molar-refractivity contribution in [1.82, 2.24) is 14.8 Å². The van der Waals surface area contributed by atoms with Gasteiger partial charge in [0.1, 0.15) is 5.75 Å². The van der Waals surface area contributed by atoms with Crippen LogP contribution in [-0.2, 0) is 14.9 Å². The molecule has 2 N–H and O–H groups in total. The largest absolute Gasteiger partial charge is 0.493 e. The van der Waals surface area contributed by atoms with Crippen LogP contribution in [0.15, 0.2) is 16.7 Å². The van der Waals surface area contributed by atoms with Gasteiger partial charge in [-0.15, -0.1) is 0 Å². The Kier molecular flexibility index (Phi) is 6.64. The van der Waals surface area contributed by atoms with Crippen LogP contribution in [0.1, 0.15) is 69.3 Å². The molecule has 1 aromatic heterocycles. The van der Waals surface area contributed by atoms with Gasteiger partial charge >= 0.3 is 10.2 Å².